The van der Waals surface area contributed by atoms with E-state index < -0.39 is 10.0 Å². The van der Waals surface area contributed by atoms with Crippen molar-refractivity contribution < 1.29 is 13.2 Å². The molecule has 10 heteroatoms. The number of aryl methyl sites for hydroxylation is 2. The van der Waals surface area contributed by atoms with Gasteiger partial charge in [-0.3, -0.25) is 18.9 Å². The summed E-state index contributed by atoms with van der Waals surface area (Å²) >= 11 is 6.97. The van der Waals surface area contributed by atoms with E-state index in [-0.39, 0.29) is 28.6 Å². The highest BCUT2D eigenvalue weighted by Gasteiger charge is 2.20. The number of anilines is 1. The normalized spacial score (nSPS) is 14.6. The van der Waals surface area contributed by atoms with Crippen LogP contribution in [0.4, 0.5) is 5.69 Å². The number of rotatable bonds is 6. The summed E-state index contributed by atoms with van der Waals surface area (Å²) in [5.41, 5.74) is 1.78. The molecule has 0 saturated carbocycles. The molecule has 2 heterocycles. The lowest BCUT2D eigenvalue weighted by Crippen LogP contribution is -2.36. The van der Waals surface area contributed by atoms with Crippen LogP contribution in [-0.2, 0) is 21.4 Å². The van der Waals surface area contributed by atoms with Crippen LogP contribution in [0.25, 0.3) is 10.2 Å². The Morgan fingerprint density at radius 3 is 2.62 bits per heavy atom. The Balaban J connectivity index is 1.55. The number of piperidine rings is 1. The van der Waals surface area contributed by atoms with Crippen molar-refractivity contribution in [3.05, 3.63) is 56.7 Å². The first-order valence-corrected chi connectivity index (χ1v) is 13.1. The van der Waals surface area contributed by atoms with E-state index in [0.717, 1.165) is 49.3 Å². The fraction of sp³-hybridized carbons (Fsp3) is 0.364. The smallest absolute Gasteiger partial charge is 0.308 e. The van der Waals surface area contributed by atoms with Crippen LogP contribution in [0.15, 0.2) is 46.1 Å². The predicted octanol–water partition coefficient (Wildman–Crippen LogP) is 4.23. The lowest BCUT2D eigenvalue weighted by molar-refractivity contribution is -0.132. The zero-order valence-corrected chi connectivity index (χ0v) is 20.0. The van der Waals surface area contributed by atoms with Crippen molar-refractivity contribution in [1.29, 1.82) is 0 Å². The minimum atomic E-state index is -3.86. The van der Waals surface area contributed by atoms with Crippen LogP contribution in [0.5, 0.6) is 0 Å². The number of likely N-dealkylation sites (tertiary alicyclic amines) is 1. The Hall–Kier alpha value is -2.36. The molecule has 0 atom stereocenters. The molecule has 1 saturated heterocycles. The number of fused-ring (bicyclic) bond motifs is 1. The van der Waals surface area contributed by atoms with Gasteiger partial charge in [-0.15, -0.1) is 0 Å². The highest BCUT2D eigenvalue weighted by molar-refractivity contribution is 7.92. The van der Waals surface area contributed by atoms with Gasteiger partial charge in [0.2, 0.25) is 5.91 Å². The van der Waals surface area contributed by atoms with Gasteiger partial charge in [-0.05, 0) is 62.1 Å². The van der Waals surface area contributed by atoms with Gasteiger partial charge in [0.15, 0.2) is 0 Å². The SMILES string of the molecule is Cc1ccc(Cl)cc1NS(=O)(=O)c1ccc2c(c1)sc(=O)n2CCC(=O)N1CCCCC1. The molecule has 1 aliphatic heterocycles. The molecule has 1 fully saturated rings. The van der Waals surface area contributed by atoms with Crippen molar-refractivity contribution in [3.8, 4) is 0 Å². The van der Waals surface area contributed by atoms with Gasteiger partial charge in [-0.1, -0.05) is 29.0 Å². The molecule has 0 aliphatic carbocycles. The van der Waals surface area contributed by atoms with Crippen LogP contribution < -0.4 is 9.60 Å². The van der Waals surface area contributed by atoms with E-state index in [1.807, 2.05) is 4.90 Å². The number of nitrogens with one attached hydrogen (secondary N) is 1. The van der Waals surface area contributed by atoms with Crippen LogP contribution in [0, 0.1) is 6.92 Å². The van der Waals surface area contributed by atoms with Crippen molar-refractivity contribution in [2.24, 2.45) is 0 Å². The highest BCUT2D eigenvalue weighted by Crippen LogP contribution is 2.26. The van der Waals surface area contributed by atoms with Crippen LogP contribution in [0.2, 0.25) is 5.02 Å². The number of carbonyl (C=O) groups is 1. The number of aromatic nitrogens is 1. The van der Waals surface area contributed by atoms with Crippen LogP contribution >= 0.6 is 22.9 Å². The summed E-state index contributed by atoms with van der Waals surface area (Å²) in [5, 5.41) is 0.429. The predicted molar refractivity (Wildman–Crippen MR) is 128 cm³/mol. The number of halogens is 1. The molecule has 7 nitrogen and oxygen atoms in total. The Morgan fingerprint density at radius 1 is 1.12 bits per heavy atom. The number of hydrogen-bond acceptors (Lipinski definition) is 5. The second kappa shape index (κ2) is 9.25. The molecule has 1 aliphatic rings. The van der Waals surface area contributed by atoms with Gasteiger partial charge < -0.3 is 4.90 Å². The maximum Gasteiger partial charge on any atom is 0.308 e. The lowest BCUT2D eigenvalue weighted by atomic mass is 10.1. The molecular weight excluding hydrogens is 470 g/mol. The van der Waals surface area contributed by atoms with Gasteiger partial charge in [-0.2, -0.15) is 0 Å². The number of hydrogen-bond donors (Lipinski definition) is 1. The van der Waals surface area contributed by atoms with E-state index in [2.05, 4.69) is 4.72 Å². The van der Waals surface area contributed by atoms with Gasteiger partial charge in [0.05, 0.1) is 20.8 Å². The van der Waals surface area contributed by atoms with Gasteiger partial charge in [0.25, 0.3) is 10.0 Å². The minimum absolute atomic E-state index is 0.0521. The van der Waals surface area contributed by atoms with E-state index in [1.54, 1.807) is 35.8 Å². The standard InChI is InChI=1S/C22H24ClN3O4S2/c1-15-5-6-16(23)13-18(15)24-32(29,30)17-7-8-19-20(14-17)31-22(28)26(19)12-9-21(27)25-10-3-2-4-11-25/h5-8,13-14,24H,2-4,9-12H2,1H3. The van der Waals surface area contributed by atoms with Crippen LogP contribution in [-0.4, -0.2) is 36.9 Å². The zero-order chi connectivity index (χ0) is 22.9. The third-order valence-corrected chi connectivity index (χ3v) is 8.19. The van der Waals surface area contributed by atoms with Crippen molar-refractivity contribution >= 4 is 54.8 Å². The first-order valence-electron chi connectivity index (χ1n) is 10.4. The Kier molecular flexibility index (Phi) is 6.60. The number of benzene rings is 2. The summed E-state index contributed by atoms with van der Waals surface area (Å²) in [4.78, 5) is 26.7. The monoisotopic (exact) mass is 493 g/mol. The van der Waals surface area contributed by atoms with E-state index in [1.165, 1.54) is 12.1 Å². The third-order valence-electron chi connectivity index (χ3n) is 5.65. The number of thiazole rings is 1. The molecule has 1 N–H and O–H groups in total. The van der Waals surface area contributed by atoms with Crippen LogP contribution in [0.3, 0.4) is 0 Å². The summed E-state index contributed by atoms with van der Waals surface area (Å²) in [7, 11) is -3.86. The van der Waals surface area contributed by atoms with E-state index in [4.69, 9.17) is 11.6 Å². The summed E-state index contributed by atoms with van der Waals surface area (Å²) in [6.45, 7) is 3.62. The fourth-order valence-corrected chi connectivity index (χ4v) is 6.19. The molecule has 1 aromatic heterocycles. The van der Waals surface area contributed by atoms with Gasteiger partial charge in [-0.25, -0.2) is 8.42 Å². The van der Waals surface area contributed by atoms with Gasteiger partial charge >= 0.3 is 4.87 Å². The maximum absolute atomic E-state index is 12.9. The van der Waals surface area contributed by atoms with E-state index in [0.29, 0.717) is 20.9 Å². The second-order valence-electron chi connectivity index (χ2n) is 7.91. The number of nitrogens with zero attached hydrogens (tertiary/aromatic N) is 2. The molecule has 4 rings (SSSR count). The van der Waals surface area contributed by atoms with Crippen molar-refractivity contribution in [2.45, 2.75) is 44.0 Å². The van der Waals surface area contributed by atoms with E-state index >= 15 is 0 Å². The first kappa shape index (κ1) is 22.8. The molecule has 3 aromatic rings. The summed E-state index contributed by atoms with van der Waals surface area (Å²) in [6, 6.07) is 9.57. The summed E-state index contributed by atoms with van der Waals surface area (Å²) in [5.74, 6) is 0.0521. The number of sulfonamides is 1. The first-order chi connectivity index (χ1) is 15.2. The maximum atomic E-state index is 12.9. The van der Waals surface area contributed by atoms with Crippen molar-refractivity contribution in [2.75, 3.05) is 17.8 Å². The Morgan fingerprint density at radius 2 is 1.88 bits per heavy atom. The second-order valence-corrected chi connectivity index (χ2v) is 11.0. The quantitative estimate of drug-likeness (QED) is 0.556. The van der Waals surface area contributed by atoms with Crippen molar-refractivity contribution in [3.63, 3.8) is 0 Å². The molecule has 170 valence electrons. The summed E-state index contributed by atoms with van der Waals surface area (Å²) in [6.07, 6.45) is 3.44. The minimum Gasteiger partial charge on any atom is -0.343 e. The topological polar surface area (TPSA) is 88.5 Å². The molecule has 0 spiro atoms. The van der Waals surface area contributed by atoms with Crippen molar-refractivity contribution in [1.82, 2.24) is 9.47 Å². The average Bonchev–Trinajstić information content (AvgIpc) is 3.09. The summed E-state index contributed by atoms with van der Waals surface area (Å²) < 4.78 is 30.5. The highest BCUT2D eigenvalue weighted by atomic mass is 35.5. The van der Waals surface area contributed by atoms with Gasteiger partial charge in [0, 0.05) is 31.1 Å². The zero-order valence-electron chi connectivity index (χ0n) is 17.6. The molecule has 1 amide bonds. The molecule has 0 bridgehead atoms. The van der Waals surface area contributed by atoms with Crippen LogP contribution in [0.1, 0.15) is 31.2 Å². The molecule has 0 radical (unpaired) electrons. The number of amides is 1. The number of carbonyl (C=O) groups excluding carboxylic acids is 1. The molecule has 32 heavy (non-hydrogen) atoms. The fourth-order valence-electron chi connectivity index (χ4n) is 3.84. The third kappa shape index (κ3) is 4.84. The molecular formula is C22H24ClN3O4S2. The Labute approximate surface area is 195 Å². The molecule has 2 aromatic carbocycles. The Bertz CT molecular complexity index is 1320. The largest absolute Gasteiger partial charge is 0.343 e. The molecule has 0 unspecified atom stereocenters. The van der Waals surface area contributed by atoms with Gasteiger partial charge in [0.1, 0.15) is 0 Å². The average molecular weight is 494 g/mol. The van der Waals surface area contributed by atoms with E-state index in [9.17, 15) is 18.0 Å². The lowest BCUT2D eigenvalue weighted by Gasteiger charge is -2.26.